The van der Waals surface area contributed by atoms with Crippen molar-refractivity contribution < 1.29 is 37.0 Å². The summed E-state index contributed by atoms with van der Waals surface area (Å²) in [5.74, 6) is -1.25. The molecule has 2 aromatic rings. The number of carbonyl (C=O) groups is 3. The van der Waals surface area contributed by atoms with Gasteiger partial charge in [-0.3, -0.25) is 14.6 Å². The maximum atomic E-state index is 12.9. The van der Waals surface area contributed by atoms with Crippen LogP contribution in [-0.2, 0) is 16.1 Å². The van der Waals surface area contributed by atoms with Gasteiger partial charge in [0, 0.05) is 32.0 Å². The third-order valence-electron chi connectivity index (χ3n) is 5.17. The monoisotopic (exact) mass is 464 g/mol. The number of aromatic nitrogens is 1. The fraction of sp³-hybridized carbons (Fsp3) is 0.333. The SMILES string of the molecule is O=C(c1cnccc1CN1CC(=O)N(c2ccc(OC(F)(F)F)cc2)C1=O)N1CCOCC1. The van der Waals surface area contributed by atoms with E-state index in [2.05, 4.69) is 9.72 Å². The molecule has 2 aliphatic heterocycles. The van der Waals surface area contributed by atoms with Crippen LogP contribution in [0.3, 0.4) is 0 Å². The number of imide groups is 1. The van der Waals surface area contributed by atoms with Crippen molar-refractivity contribution in [1.29, 1.82) is 0 Å². The Labute approximate surface area is 186 Å². The van der Waals surface area contributed by atoms with Crippen molar-refractivity contribution in [2.75, 3.05) is 37.7 Å². The number of alkyl halides is 3. The van der Waals surface area contributed by atoms with Gasteiger partial charge in [0.25, 0.3) is 11.8 Å². The maximum absolute atomic E-state index is 12.9. The van der Waals surface area contributed by atoms with Crippen molar-refractivity contribution in [2.24, 2.45) is 0 Å². The summed E-state index contributed by atoms with van der Waals surface area (Å²) in [6.45, 7) is 1.49. The maximum Gasteiger partial charge on any atom is 0.573 e. The minimum Gasteiger partial charge on any atom is -0.406 e. The zero-order valence-corrected chi connectivity index (χ0v) is 17.2. The lowest BCUT2D eigenvalue weighted by Gasteiger charge is -2.27. The van der Waals surface area contributed by atoms with Crippen LogP contribution in [0.25, 0.3) is 0 Å². The molecule has 2 fully saturated rings. The van der Waals surface area contributed by atoms with Gasteiger partial charge in [-0.25, -0.2) is 9.69 Å². The minimum atomic E-state index is -4.85. The van der Waals surface area contributed by atoms with Gasteiger partial charge in [-0.05, 0) is 35.9 Å². The van der Waals surface area contributed by atoms with Crippen LogP contribution >= 0.6 is 0 Å². The van der Waals surface area contributed by atoms with Gasteiger partial charge in [0.15, 0.2) is 0 Å². The smallest absolute Gasteiger partial charge is 0.406 e. The number of ether oxygens (including phenoxy) is 2. The molecule has 0 saturated carbocycles. The van der Waals surface area contributed by atoms with Crippen LogP contribution in [0.5, 0.6) is 5.75 Å². The second-order valence-corrected chi connectivity index (χ2v) is 7.35. The molecule has 4 rings (SSSR count). The molecular weight excluding hydrogens is 445 g/mol. The molecule has 1 aromatic carbocycles. The van der Waals surface area contributed by atoms with Gasteiger partial charge >= 0.3 is 12.4 Å². The fourth-order valence-electron chi connectivity index (χ4n) is 3.62. The zero-order valence-electron chi connectivity index (χ0n) is 17.2. The molecule has 0 aliphatic carbocycles. The molecule has 4 amide bonds. The fourth-order valence-corrected chi connectivity index (χ4v) is 3.62. The second kappa shape index (κ2) is 9.06. The second-order valence-electron chi connectivity index (χ2n) is 7.35. The Balaban J connectivity index is 1.49. The van der Waals surface area contributed by atoms with E-state index < -0.39 is 24.1 Å². The predicted molar refractivity (Wildman–Crippen MR) is 107 cm³/mol. The number of halogens is 3. The molecular formula is C21H19F3N4O5. The average Bonchev–Trinajstić information content (AvgIpc) is 3.06. The molecule has 2 saturated heterocycles. The van der Waals surface area contributed by atoms with E-state index in [0.717, 1.165) is 17.0 Å². The average molecular weight is 464 g/mol. The largest absolute Gasteiger partial charge is 0.573 e. The van der Waals surface area contributed by atoms with Crippen LogP contribution in [-0.4, -0.2) is 71.8 Å². The Kier molecular flexibility index (Phi) is 6.18. The van der Waals surface area contributed by atoms with Crippen LogP contribution in [0.1, 0.15) is 15.9 Å². The molecule has 33 heavy (non-hydrogen) atoms. The number of amides is 4. The highest BCUT2D eigenvalue weighted by molar-refractivity contribution is 6.19. The van der Waals surface area contributed by atoms with Gasteiger partial charge in [-0.1, -0.05) is 0 Å². The summed E-state index contributed by atoms with van der Waals surface area (Å²) in [6.07, 6.45) is -1.93. The number of carbonyl (C=O) groups excluding carboxylic acids is 3. The van der Waals surface area contributed by atoms with Gasteiger partial charge < -0.3 is 19.3 Å². The van der Waals surface area contributed by atoms with E-state index in [4.69, 9.17) is 4.74 Å². The molecule has 0 radical (unpaired) electrons. The molecule has 0 N–H and O–H groups in total. The number of benzene rings is 1. The van der Waals surface area contributed by atoms with Gasteiger partial charge in [-0.15, -0.1) is 13.2 Å². The van der Waals surface area contributed by atoms with Crippen LogP contribution in [0.2, 0.25) is 0 Å². The number of hydrogen-bond acceptors (Lipinski definition) is 6. The Morgan fingerprint density at radius 3 is 2.45 bits per heavy atom. The first-order valence-electron chi connectivity index (χ1n) is 10.0. The van der Waals surface area contributed by atoms with E-state index in [9.17, 15) is 27.6 Å². The normalized spacial score (nSPS) is 17.0. The highest BCUT2D eigenvalue weighted by Gasteiger charge is 2.38. The summed E-state index contributed by atoms with van der Waals surface area (Å²) in [7, 11) is 0. The summed E-state index contributed by atoms with van der Waals surface area (Å²) >= 11 is 0. The van der Waals surface area contributed by atoms with E-state index in [0.29, 0.717) is 37.4 Å². The predicted octanol–water partition coefficient (Wildman–Crippen LogP) is 2.42. The highest BCUT2D eigenvalue weighted by Crippen LogP contribution is 2.28. The third kappa shape index (κ3) is 5.06. The van der Waals surface area contributed by atoms with Gasteiger partial charge in [0.2, 0.25) is 0 Å². The molecule has 174 valence electrons. The molecule has 9 nitrogen and oxygen atoms in total. The van der Waals surface area contributed by atoms with E-state index in [1.165, 1.54) is 29.4 Å². The first-order valence-corrected chi connectivity index (χ1v) is 10.0. The molecule has 12 heteroatoms. The van der Waals surface area contributed by atoms with Crippen LogP contribution < -0.4 is 9.64 Å². The number of anilines is 1. The quantitative estimate of drug-likeness (QED) is 0.632. The summed E-state index contributed by atoms with van der Waals surface area (Å²) in [5, 5.41) is 0. The lowest BCUT2D eigenvalue weighted by molar-refractivity contribution is -0.274. The van der Waals surface area contributed by atoms with Crippen molar-refractivity contribution in [3.05, 3.63) is 53.9 Å². The number of morpholine rings is 1. The van der Waals surface area contributed by atoms with Crippen LogP contribution in [0.15, 0.2) is 42.7 Å². The minimum absolute atomic E-state index is 0.00965. The summed E-state index contributed by atoms with van der Waals surface area (Å²) in [6, 6.07) is 5.39. The summed E-state index contributed by atoms with van der Waals surface area (Å²) < 4.78 is 46.1. The number of hydrogen-bond donors (Lipinski definition) is 0. The Morgan fingerprint density at radius 1 is 1.09 bits per heavy atom. The van der Waals surface area contributed by atoms with Crippen molar-refractivity contribution in [2.45, 2.75) is 12.9 Å². The Morgan fingerprint density at radius 2 is 1.79 bits per heavy atom. The standard InChI is InChI=1S/C21H19F3N4O5/c22-21(23,24)33-16-3-1-15(2-4-16)28-18(29)13-27(20(28)31)12-14-5-6-25-11-17(14)19(30)26-7-9-32-10-8-26/h1-6,11H,7-10,12-13H2. The molecule has 0 unspecified atom stereocenters. The van der Waals surface area contributed by atoms with Crippen molar-refractivity contribution in [3.8, 4) is 5.75 Å². The van der Waals surface area contributed by atoms with E-state index >= 15 is 0 Å². The van der Waals surface area contributed by atoms with Crippen LogP contribution in [0, 0.1) is 0 Å². The molecule has 1 aromatic heterocycles. The highest BCUT2D eigenvalue weighted by atomic mass is 19.4. The lowest BCUT2D eigenvalue weighted by atomic mass is 10.1. The van der Waals surface area contributed by atoms with Gasteiger partial charge in [0.05, 0.1) is 24.5 Å². The molecule has 2 aliphatic rings. The topological polar surface area (TPSA) is 92.3 Å². The Bertz CT molecular complexity index is 1050. The van der Waals surface area contributed by atoms with Crippen molar-refractivity contribution >= 4 is 23.5 Å². The van der Waals surface area contributed by atoms with Crippen molar-refractivity contribution in [3.63, 3.8) is 0 Å². The first-order chi connectivity index (χ1) is 15.7. The van der Waals surface area contributed by atoms with Gasteiger partial charge in [0.1, 0.15) is 12.3 Å². The van der Waals surface area contributed by atoms with E-state index in [1.54, 1.807) is 11.0 Å². The number of rotatable bonds is 5. The Hall–Kier alpha value is -3.67. The van der Waals surface area contributed by atoms with Crippen LogP contribution in [0.4, 0.5) is 23.7 Å². The van der Waals surface area contributed by atoms with E-state index in [-0.39, 0.29) is 24.7 Å². The number of urea groups is 1. The van der Waals surface area contributed by atoms with E-state index in [1.807, 2.05) is 0 Å². The zero-order chi connectivity index (χ0) is 23.6. The first kappa shape index (κ1) is 22.5. The summed E-state index contributed by atoms with van der Waals surface area (Å²) in [4.78, 5) is 46.1. The molecule has 0 atom stereocenters. The third-order valence-corrected chi connectivity index (χ3v) is 5.17. The molecule has 0 spiro atoms. The number of pyridine rings is 1. The van der Waals surface area contributed by atoms with Crippen molar-refractivity contribution in [1.82, 2.24) is 14.8 Å². The molecule has 3 heterocycles. The van der Waals surface area contributed by atoms with Gasteiger partial charge in [-0.2, -0.15) is 0 Å². The molecule has 0 bridgehead atoms. The summed E-state index contributed by atoms with van der Waals surface area (Å²) in [5.41, 5.74) is 0.964. The lowest BCUT2D eigenvalue weighted by Crippen LogP contribution is -2.41. The number of nitrogens with zero attached hydrogens (tertiary/aromatic N) is 4.